The number of ether oxygens (including phenoxy) is 4. The highest BCUT2D eigenvalue weighted by Crippen LogP contribution is 2.38. The topological polar surface area (TPSA) is 88.4 Å². The fourth-order valence-electron chi connectivity index (χ4n) is 6.23. The molecule has 0 aliphatic carbocycles. The van der Waals surface area contributed by atoms with E-state index in [-0.39, 0.29) is 17.7 Å². The predicted molar refractivity (Wildman–Crippen MR) is 203 cm³/mol. The van der Waals surface area contributed by atoms with Crippen molar-refractivity contribution in [3.63, 3.8) is 0 Å². The summed E-state index contributed by atoms with van der Waals surface area (Å²) in [5, 5.41) is 2.31. The van der Waals surface area contributed by atoms with Gasteiger partial charge >= 0.3 is 5.97 Å². The van der Waals surface area contributed by atoms with Gasteiger partial charge in [0.25, 0.3) is 5.56 Å². The summed E-state index contributed by atoms with van der Waals surface area (Å²) in [6.45, 7) is 2.31. The monoisotopic (exact) mass is 760 g/mol. The minimum atomic E-state index is -0.853. The Morgan fingerprint density at radius 2 is 1.63 bits per heavy atom. The van der Waals surface area contributed by atoms with Gasteiger partial charge in [0.05, 0.1) is 47.1 Å². The zero-order valence-electron chi connectivity index (χ0n) is 28.1. The van der Waals surface area contributed by atoms with Crippen LogP contribution >= 0.6 is 27.3 Å². The Hall–Kier alpha value is -5.45. The van der Waals surface area contributed by atoms with Crippen LogP contribution < -0.4 is 29.1 Å². The standard InChI is InChI=1S/C41H33BrN2O6S/c1-4-49-40(46)36-37(27-12-6-5-7-13-27)43-41-44(38(36)28-18-20-33(47-2)34(23-28)48-3)39(45)35(51-41)22-25-17-19-32(31(42)21-25)50-24-29-15-10-14-26-11-8-9-16-30(26)29/h5-23,38H,4,24H2,1-3H3/b35-22-/t38-/m1/s1. The van der Waals surface area contributed by atoms with Crippen molar-refractivity contribution in [1.82, 2.24) is 4.57 Å². The summed E-state index contributed by atoms with van der Waals surface area (Å²) in [5.74, 6) is 1.11. The van der Waals surface area contributed by atoms with Crippen molar-refractivity contribution >= 4 is 55.8 Å². The van der Waals surface area contributed by atoms with Crippen LogP contribution in [0.3, 0.4) is 0 Å². The number of nitrogens with zero attached hydrogens (tertiary/aromatic N) is 2. The zero-order valence-corrected chi connectivity index (χ0v) is 30.5. The van der Waals surface area contributed by atoms with Crippen LogP contribution in [-0.2, 0) is 16.1 Å². The lowest BCUT2D eigenvalue weighted by Gasteiger charge is -2.26. The first kappa shape index (κ1) is 34.0. The number of fused-ring (bicyclic) bond motifs is 2. The van der Waals surface area contributed by atoms with E-state index in [1.54, 1.807) is 37.8 Å². The van der Waals surface area contributed by atoms with E-state index in [1.165, 1.54) is 11.3 Å². The highest BCUT2D eigenvalue weighted by Gasteiger charge is 2.35. The molecule has 0 saturated heterocycles. The van der Waals surface area contributed by atoms with Crippen molar-refractivity contribution in [1.29, 1.82) is 0 Å². The Morgan fingerprint density at radius 3 is 2.39 bits per heavy atom. The molecular formula is C41H33BrN2O6S. The number of rotatable bonds is 10. The van der Waals surface area contributed by atoms with E-state index < -0.39 is 12.0 Å². The minimum Gasteiger partial charge on any atom is -0.493 e. The van der Waals surface area contributed by atoms with Crippen molar-refractivity contribution in [2.75, 3.05) is 20.8 Å². The lowest BCUT2D eigenvalue weighted by atomic mass is 9.93. The van der Waals surface area contributed by atoms with Crippen LogP contribution in [0.5, 0.6) is 17.2 Å². The van der Waals surface area contributed by atoms with Crippen LogP contribution in [0.25, 0.3) is 22.5 Å². The SMILES string of the molecule is CCOC(=O)C1=C(c2ccccc2)N=c2s/c(=C\c3ccc(OCc4cccc5ccccc45)c(Br)c3)c(=O)n2[C@@H]1c1ccc(OC)c(OC)c1. The molecule has 256 valence electrons. The number of thiazole rings is 1. The molecule has 8 nitrogen and oxygen atoms in total. The van der Waals surface area contributed by atoms with Gasteiger partial charge in [-0.1, -0.05) is 96.3 Å². The van der Waals surface area contributed by atoms with Crippen LogP contribution in [0.15, 0.2) is 129 Å². The molecule has 0 unspecified atom stereocenters. The van der Waals surface area contributed by atoms with Crippen LogP contribution in [0, 0.1) is 0 Å². The van der Waals surface area contributed by atoms with E-state index in [1.807, 2.05) is 78.9 Å². The van der Waals surface area contributed by atoms with E-state index in [2.05, 4.69) is 40.2 Å². The summed E-state index contributed by atoms with van der Waals surface area (Å²) in [6, 6.07) is 34.1. The van der Waals surface area contributed by atoms with Crippen molar-refractivity contribution < 1.29 is 23.7 Å². The van der Waals surface area contributed by atoms with Crippen molar-refractivity contribution in [2.24, 2.45) is 4.99 Å². The Labute approximate surface area is 306 Å². The first-order valence-electron chi connectivity index (χ1n) is 16.3. The number of hydrogen-bond acceptors (Lipinski definition) is 8. The number of aromatic nitrogens is 1. The summed E-state index contributed by atoms with van der Waals surface area (Å²) in [6.07, 6.45) is 1.82. The largest absolute Gasteiger partial charge is 0.493 e. The molecule has 0 radical (unpaired) electrons. The van der Waals surface area contributed by atoms with Crippen molar-refractivity contribution in [2.45, 2.75) is 19.6 Å². The van der Waals surface area contributed by atoms with Crippen LogP contribution in [0.4, 0.5) is 0 Å². The molecule has 1 aliphatic rings. The van der Waals surface area contributed by atoms with E-state index in [4.69, 9.17) is 23.9 Å². The molecule has 1 aliphatic heterocycles. The number of halogens is 1. The third kappa shape index (κ3) is 6.72. The number of benzene rings is 5. The molecule has 10 heteroatoms. The van der Waals surface area contributed by atoms with Gasteiger partial charge in [0.2, 0.25) is 0 Å². The normalized spacial score (nSPS) is 14.2. The second-order valence-electron chi connectivity index (χ2n) is 11.7. The molecule has 51 heavy (non-hydrogen) atoms. The molecule has 0 saturated carbocycles. The number of carbonyl (C=O) groups excluding carboxylic acids is 1. The molecule has 1 aromatic heterocycles. The van der Waals surface area contributed by atoms with Crippen LogP contribution in [0.2, 0.25) is 0 Å². The average molecular weight is 762 g/mol. The van der Waals surface area contributed by atoms with Gasteiger partial charge in [-0.3, -0.25) is 9.36 Å². The third-order valence-electron chi connectivity index (χ3n) is 8.61. The van der Waals surface area contributed by atoms with Gasteiger partial charge in [-0.2, -0.15) is 0 Å². The van der Waals surface area contributed by atoms with Gasteiger partial charge in [0, 0.05) is 5.56 Å². The van der Waals surface area contributed by atoms with E-state index in [9.17, 15) is 9.59 Å². The molecule has 0 N–H and O–H groups in total. The molecule has 6 aromatic rings. The summed E-state index contributed by atoms with van der Waals surface area (Å²) in [4.78, 5) is 33.6. The van der Waals surface area contributed by atoms with Crippen LogP contribution in [-0.4, -0.2) is 31.4 Å². The number of methoxy groups -OCH3 is 2. The Balaban J connectivity index is 1.32. The molecule has 1 atom stereocenters. The second-order valence-corrected chi connectivity index (χ2v) is 13.5. The smallest absolute Gasteiger partial charge is 0.338 e. The Kier molecular flexibility index (Phi) is 9.87. The minimum absolute atomic E-state index is 0.157. The predicted octanol–water partition coefficient (Wildman–Crippen LogP) is 7.45. The summed E-state index contributed by atoms with van der Waals surface area (Å²) in [7, 11) is 3.10. The number of carbonyl (C=O) groups is 1. The highest BCUT2D eigenvalue weighted by atomic mass is 79.9. The molecule has 0 fully saturated rings. The van der Waals surface area contributed by atoms with Gasteiger partial charge in [-0.05, 0) is 80.7 Å². The average Bonchev–Trinajstić information content (AvgIpc) is 3.47. The second kappa shape index (κ2) is 14.8. The van der Waals surface area contributed by atoms with E-state index in [0.717, 1.165) is 31.9 Å². The van der Waals surface area contributed by atoms with Gasteiger partial charge in [0.15, 0.2) is 16.3 Å². The fraction of sp³-hybridized carbons (Fsp3) is 0.146. The summed E-state index contributed by atoms with van der Waals surface area (Å²) < 4.78 is 25.7. The first-order chi connectivity index (χ1) is 24.9. The van der Waals surface area contributed by atoms with Crippen LogP contribution in [0.1, 0.15) is 35.2 Å². The summed E-state index contributed by atoms with van der Waals surface area (Å²) in [5.41, 5.74) is 3.65. The van der Waals surface area contributed by atoms with Gasteiger partial charge in [-0.25, -0.2) is 9.79 Å². The van der Waals surface area contributed by atoms with Crippen molar-refractivity contribution in [3.05, 3.63) is 161 Å². The zero-order chi connectivity index (χ0) is 35.5. The van der Waals surface area contributed by atoms with Crippen molar-refractivity contribution in [3.8, 4) is 17.2 Å². The van der Waals surface area contributed by atoms with Gasteiger partial charge < -0.3 is 18.9 Å². The quantitative estimate of drug-likeness (QED) is 0.135. The maximum Gasteiger partial charge on any atom is 0.338 e. The molecule has 0 amide bonds. The molecule has 2 heterocycles. The Bertz CT molecular complexity index is 2480. The lowest BCUT2D eigenvalue weighted by molar-refractivity contribution is -0.138. The number of hydrogen-bond donors (Lipinski definition) is 0. The molecule has 5 aromatic carbocycles. The molecule has 0 bridgehead atoms. The molecule has 0 spiro atoms. The van der Waals surface area contributed by atoms with Gasteiger partial charge in [-0.15, -0.1) is 0 Å². The third-order valence-corrected chi connectivity index (χ3v) is 10.2. The number of esters is 1. The first-order valence-corrected chi connectivity index (χ1v) is 17.9. The summed E-state index contributed by atoms with van der Waals surface area (Å²) >= 11 is 4.93. The van der Waals surface area contributed by atoms with E-state index >= 15 is 0 Å². The fourth-order valence-corrected chi connectivity index (χ4v) is 7.74. The lowest BCUT2D eigenvalue weighted by Crippen LogP contribution is -2.40. The maximum atomic E-state index is 14.4. The van der Waals surface area contributed by atoms with E-state index in [0.29, 0.717) is 44.4 Å². The molecule has 7 rings (SSSR count). The van der Waals surface area contributed by atoms with Gasteiger partial charge in [0.1, 0.15) is 12.4 Å². The maximum absolute atomic E-state index is 14.4. The molecular weight excluding hydrogens is 728 g/mol. The Morgan fingerprint density at radius 1 is 0.882 bits per heavy atom. The highest BCUT2D eigenvalue weighted by molar-refractivity contribution is 9.10.